The summed E-state index contributed by atoms with van der Waals surface area (Å²) in [7, 11) is 3.24. The Morgan fingerprint density at radius 3 is 2.52 bits per heavy atom. The van der Waals surface area contributed by atoms with Crippen molar-refractivity contribution in [2.75, 3.05) is 27.3 Å². The molecular weight excluding hydrogens is 362 g/mol. The molecule has 2 rings (SSSR count). The van der Waals surface area contributed by atoms with Crippen molar-refractivity contribution in [2.45, 2.75) is 39.8 Å². The van der Waals surface area contributed by atoms with E-state index in [0.717, 1.165) is 22.8 Å². The van der Waals surface area contributed by atoms with E-state index in [1.165, 1.54) is 0 Å². The van der Waals surface area contributed by atoms with Gasteiger partial charge >= 0.3 is 0 Å². The molecule has 0 aliphatic carbocycles. The van der Waals surface area contributed by atoms with E-state index in [4.69, 9.17) is 14.5 Å². The number of nitrogens with one attached hydrogen (secondary N) is 1. The predicted octanol–water partition coefficient (Wildman–Crippen LogP) is 3.56. The first-order chi connectivity index (χ1) is 12.8. The third-order valence-electron chi connectivity index (χ3n) is 3.90. The normalized spacial score (nSPS) is 11.5. The summed E-state index contributed by atoms with van der Waals surface area (Å²) in [6.45, 7) is 9.77. The average Bonchev–Trinajstić information content (AvgIpc) is 3.07. The van der Waals surface area contributed by atoms with Crippen LogP contribution in [0.2, 0.25) is 0 Å². The number of thiazole rings is 1. The number of carbonyl (C=O) groups is 1. The minimum Gasteiger partial charge on any atom is -0.493 e. The molecule has 0 unspecified atom stereocenters. The highest BCUT2D eigenvalue weighted by molar-refractivity contribution is 7.13. The van der Waals surface area contributed by atoms with E-state index in [-0.39, 0.29) is 11.4 Å². The molecule has 0 aliphatic rings. The number of ether oxygens (including phenoxy) is 2. The number of benzene rings is 1. The van der Waals surface area contributed by atoms with E-state index in [0.29, 0.717) is 24.6 Å². The van der Waals surface area contributed by atoms with Crippen molar-refractivity contribution in [3.63, 3.8) is 0 Å². The van der Waals surface area contributed by atoms with Crippen LogP contribution < -0.4 is 14.8 Å². The summed E-state index contributed by atoms with van der Waals surface area (Å²) in [6.07, 6.45) is 0. The molecule has 0 saturated heterocycles. The second-order valence-electron chi connectivity index (χ2n) is 7.32. The molecule has 148 valence electrons. The van der Waals surface area contributed by atoms with Crippen molar-refractivity contribution in [3.8, 4) is 22.1 Å². The molecule has 6 nitrogen and oxygen atoms in total. The highest BCUT2D eigenvalue weighted by Crippen LogP contribution is 2.33. The van der Waals surface area contributed by atoms with E-state index in [9.17, 15) is 4.79 Å². The summed E-state index contributed by atoms with van der Waals surface area (Å²) in [4.78, 5) is 19.0. The summed E-state index contributed by atoms with van der Waals surface area (Å²) < 4.78 is 10.7. The molecular formula is C20H29N3O3S. The molecule has 7 heteroatoms. The van der Waals surface area contributed by atoms with Gasteiger partial charge in [0.2, 0.25) is 5.91 Å². The molecule has 0 fully saturated rings. The zero-order valence-corrected chi connectivity index (χ0v) is 17.8. The van der Waals surface area contributed by atoms with Crippen LogP contribution in [0.25, 0.3) is 10.6 Å². The number of amides is 1. The maximum atomic E-state index is 12.2. The molecule has 0 bridgehead atoms. The third kappa shape index (κ3) is 6.22. The summed E-state index contributed by atoms with van der Waals surface area (Å²) in [6, 6.07) is 5.78. The summed E-state index contributed by atoms with van der Waals surface area (Å²) in [5.41, 5.74) is 1.71. The number of aromatic nitrogens is 1. The molecule has 0 saturated carbocycles. The zero-order valence-electron chi connectivity index (χ0n) is 17.0. The Balaban J connectivity index is 2.07. The van der Waals surface area contributed by atoms with Crippen molar-refractivity contribution in [1.29, 1.82) is 0 Å². The average molecular weight is 392 g/mol. The largest absolute Gasteiger partial charge is 0.493 e. The van der Waals surface area contributed by atoms with Crippen LogP contribution in [0.3, 0.4) is 0 Å². The van der Waals surface area contributed by atoms with E-state index < -0.39 is 0 Å². The van der Waals surface area contributed by atoms with Gasteiger partial charge in [-0.3, -0.25) is 9.69 Å². The summed E-state index contributed by atoms with van der Waals surface area (Å²) in [5.74, 6) is 1.40. The molecule has 0 spiro atoms. The molecule has 1 aromatic carbocycles. The number of methoxy groups -OCH3 is 2. The standard InChI is InChI=1S/C20H29N3O3S/c1-7-23(12-18(24)22-20(2,3)4)11-15-13-27-19(21-15)14-8-9-16(25-5)17(10-14)26-6/h8-10,13H,7,11-12H2,1-6H3,(H,22,24). The molecule has 0 atom stereocenters. The summed E-state index contributed by atoms with van der Waals surface area (Å²) >= 11 is 1.58. The van der Waals surface area contributed by atoms with Crippen molar-refractivity contribution >= 4 is 17.2 Å². The Morgan fingerprint density at radius 2 is 1.93 bits per heavy atom. The molecule has 0 aliphatic heterocycles. The topological polar surface area (TPSA) is 63.7 Å². The SMILES string of the molecule is CCN(CC(=O)NC(C)(C)C)Cc1csc(-c2ccc(OC)c(OC)c2)n1. The lowest BCUT2D eigenvalue weighted by Gasteiger charge is -2.24. The third-order valence-corrected chi connectivity index (χ3v) is 4.84. The second-order valence-corrected chi connectivity index (χ2v) is 8.17. The quantitative estimate of drug-likeness (QED) is 0.745. The monoisotopic (exact) mass is 391 g/mol. The molecule has 2 aromatic rings. The van der Waals surface area contributed by atoms with Crippen LogP contribution in [0.15, 0.2) is 23.6 Å². The van der Waals surface area contributed by atoms with Crippen LogP contribution in [-0.4, -0.2) is 48.6 Å². The number of hydrogen-bond donors (Lipinski definition) is 1. The maximum absolute atomic E-state index is 12.2. The summed E-state index contributed by atoms with van der Waals surface area (Å²) in [5, 5.41) is 5.96. The van der Waals surface area contributed by atoms with Crippen LogP contribution in [0.4, 0.5) is 0 Å². The highest BCUT2D eigenvalue weighted by Gasteiger charge is 2.17. The van der Waals surface area contributed by atoms with Crippen molar-refractivity contribution < 1.29 is 14.3 Å². The number of hydrogen-bond acceptors (Lipinski definition) is 6. The highest BCUT2D eigenvalue weighted by atomic mass is 32.1. The van der Waals surface area contributed by atoms with Crippen molar-refractivity contribution in [1.82, 2.24) is 15.2 Å². The van der Waals surface area contributed by atoms with Crippen molar-refractivity contribution in [3.05, 3.63) is 29.3 Å². The van der Waals surface area contributed by atoms with Gasteiger partial charge in [0.1, 0.15) is 5.01 Å². The van der Waals surface area contributed by atoms with Gasteiger partial charge in [-0.2, -0.15) is 0 Å². The Hall–Kier alpha value is -2.12. The van der Waals surface area contributed by atoms with Crippen LogP contribution in [-0.2, 0) is 11.3 Å². The maximum Gasteiger partial charge on any atom is 0.234 e. The van der Waals surface area contributed by atoms with Gasteiger partial charge in [-0.05, 0) is 45.5 Å². The Labute approximate surface area is 165 Å². The van der Waals surface area contributed by atoms with Gasteiger partial charge in [0.25, 0.3) is 0 Å². The fourth-order valence-electron chi connectivity index (χ4n) is 2.65. The number of likely N-dealkylation sites (N-methyl/N-ethyl adjacent to an activating group) is 1. The number of nitrogens with zero attached hydrogens (tertiary/aromatic N) is 2. The first-order valence-electron chi connectivity index (χ1n) is 8.96. The van der Waals surface area contributed by atoms with Gasteiger partial charge in [0.05, 0.1) is 26.5 Å². The lowest BCUT2D eigenvalue weighted by Crippen LogP contribution is -2.45. The minimum atomic E-state index is -0.224. The molecule has 1 N–H and O–H groups in total. The van der Waals surface area contributed by atoms with Crippen molar-refractivity contribution in [2.24, 2.45) is 0 Å². The number of carbonyl (C=O) groups excluding carboxylic acids is 1. The zero-order chi connectivity index (χ0) is 20.0. The second kappa shape index (κ2) is 9.19. The smallest absolute Gasteiger partial charge is 0.234 e. The fraction of sp³-hybridized carbons (Fsp3) is 0.500. The van der Waals surface area contributed by atoms with Gasteiger partial charge in [-0.25, -0.2) is 4.98 Å². The first-order valence-corrected chi connectivity index (χ1v) is 9.84. The van der Waals surface area contributed by atoms with E-state index in [2.05, 4.69) is 10.2 Å². The molecule has 0 radical (unpaired) electrons. The van der Waals surface area contributed by atoms with E-state index in [1.807, 2.05) is 51.3 Å². The first kappa shape index (κ1) is 21.2. The lowest BCUT2D eigenvalue weighted by atomic mass is 10.1. The van der Waals surface area contributed by atoms with Gasteiger partial charge in [0, 0.05) is 23.0 Å². The van der Waals surface area contributed by atoms with Gasteiger partial charge < -0.3 is 14.8 Å². The molecule has 1 heterocycles. The predicted molar refractivity (Wildman–Crippen MR) is 110 cm³/mol. The van der Waals surface area contributed by atoms with Crippen LogP contribution in [0, 0.1) is 0 Å². The Bertz CT molecular complexity index is 768. The van der Waals surface area contributed by atoms with E-state index >= 15 is 0 Å². The number of rotatable bonds is 8. The van der Waals surface area contributed by atoms with Gasteiger partial charge in [-0.15, -0.1) is 11.3 Å². The lowest BCUT2D eigenvalue weighted by molar-refractivity contribution is -0.123. The van der Waals surface area contributed by atoms with Gasteiger partial charge in [0.15, 0.2) is 11.5 Å². The van der Waals surface area contributed by atoms with Crippen LogP contribution >= 0.6 is 11.3 Å². The minimum absolute atomic E-state index is 0.0275. The van der Waals surface area contributed by atoms with Crippen LogP contribution in [0.5, 0.6) is 11.5 Å². The molecule has 1 amide bonds. The Kier molecular flexibility index (Phi) is 7.21. The fourth-order valence-corrected chi connectivity index (χ4v) is 3.46. The Morgan fingerprint density at radius 1 is 1.22 bits per heavy atom. The van der Waals surface area contributed by atoms with E-state index in [1.54, 1.807) is 25.6 Å². The van der Waals surface area contributed by atoms with Gasteiger partial charge in [-0.1, -0.05) is 6.92 Å². The molecule has 27 heavy (non-hydrogen) atoms. The molecule has 1 aromatic heterocycles. The van der Waals surface area contributed by atoms with Crippen LogP contribution in [0.1, 0.15) is 33.4 Å².